The molecule has 0 saturated heterocycles. The lowest BCUT2D eigenvalue weighted by Crippen LogP contribution is -2.24. The van der Waals surface area contributed by atoms with Crippen molar-refractivity contribution in [3.63, 3.8) is 0 Å². The molecular weight excluding hydrogens is 322 g/mol. The lowest BCUT2D eigenvalue weighted by molar-refractivity contribution is 0.0955. The molecule has 4 rings (SSSR count). The molecule has 0 unspecified atom stereocenters. The van der Waals surface area contributed by atoms with Crippen LogP contribution in [0, 0.1) is 0 Å². The average Bonchev–Trinajstić information content (AvgIpc) is 3.09. The molecule has 1 fully saturated rings. The molecule has 3 aromatic rings. The fraction of sp³-hybridized carbons (Fsp3) is 0.222. The predicted octanol–water partition coefficient (Wildman–Crippen LogP) is 3.50. The van der Waals surface area contributed by atoms with E-state index in [9.17, 15) is 4.79 Å². The van der Waals surface area contributed by atoms with E-state index in [-0.39, 0.29) is 5.91 Å². The van der Waals surface area contributed by atoms with Crippen LogP contribution in [-0.4, -0.2) is 28.8 Å². The molecule has 1 saturated carbocycles. The van der Waals surface area contributed by atoms with Gasteiger partial charge in [0.2, 0.25) is 0 Å². The first-order valence-electron chi connectivity index (χ1n) is 7.84. The summed E-state index contributed by atoms with van der Waals surface area (Å²) in [6.45, 7) is 0. The second-order valence-corrected chi connectivity index (χ2v) is 6.83. The number of ether oxygens (including phenoxy) is 1. The number of nitrogens with one attached hydrogen (secondary N) is 1. The van der Waals surface area contributed by atoms with Crippen LogP contribution in [0.5, 0.6) is 5.75 Å². The van der Waals surface area contributed by atoms with Gasteiger partial charge in [0.15, 0.2) is 0 Å². The van der Waals surface area contributed by atoms with Crippen molar-refractivity contribution >= 4 is 17.2 Å². The van der Waals surface area contributed by atoms with E-state index in [1.807, 2.05) is 47.3 Å². The number of hydrogen-bond donors (Lipinski definition) is 1. The molecular formula is C18H17N3O2S. The van der Waals surface area contributed by atoms with Gasteiger partial charge in [0, 0.05) is 34.9 Å². The minimum atomic E-state index is 0.0166. The Bertz CT molecular complexity index is 866. The third-order valence-electron chi connectivity index (χ3n) is 3.96. The second-order valence-electron chi connectivity index (χ2n) is 5.75. The van der Waals surface area contributed by atoms with Crippen molar-refractivity contribution in [1.29, 1.82) is 0 Å². The molecule has 24 heavy (non-hydrogen) atoms. The van der Waals surface area contributed by atoms with E-state index in [1.54, 1.807) is 13.3 Å². The maximum atomic E-state index is 12.2. The smallest absolute Gasteiger partial charge is 0.261 e. The summed E-state index contributed by atoms with van der Waals surface area (Å²) in [6, 6.07) is 12.0. The largest absolute Gasteiger partial charge is 0.497 e. The van der Waals surface area contributed by atoms with Crippen molar-refractivity contribution in [1.82, 2.24) is 15.1 Å². The van der Waals surface area contributed by atoms with Crippen molar-refractivity contribution in [2.75, 3.05) is 7.11 Å². The molecule has 5 nitrogen and oxygen atoms in total. The van der Waals surface area contributed by atoms with Gasteiger partial charge in [0.1, 0.15) is 5.75 Å². The Morgan fingerprint density at radius 2 is 2.21 bits per heavy atom. The topological polar surface area (TPSA) is 56.1 Å². The van der Waals surface area contributed by atoms with Gasteiger partial charge in [-0.25, -0.2) is 4.68 Å². The summed E-state index contributed by atoms with van der Waals surface area (Å²) in [5, 5.41) is 7.35. The lowest BCUT2D eigenvalue weighted by atomic mass is 10.1. The van der Waals surface area contributed by atoms with Gasteiger partial charge >= 0.3 is 0 Å². The first-order chi connectivity index (χ1) is 11.7. The normalized spacial score (nSPS) is 13.7. The maximum Gasteiger partial charge on any atom is 0.261 e. The summed E-state index contributed by atoms with van der Waals surface area (Å²) >= 11 is 1.49. The van der Waals surface area contributed by atoms with E-state index in [0.29, 0.717) is 6.04 Å². The van der Waals surface area contributed by atoms with Gasteiger partial charge in [-0.3, -0.25) is 4.79 Å². The number of hydrogen-bond acceptors (Lipinski definition) is 4. The van der Waals surface area contributed by atoms with E-state index in [0.717, 1.165) is 39.6 Å². The zero-order valence-electron chi connectivity index (χ0n) is 13.2. The number of methoxy groups -OCH3 is 1. The van der Waals surface area contributed by atoms with E-state index < -0.39 is 0 Å². The van der Waals surface area contributed by atoms with E-state index in [2.05, 4.69) is 10.4 Å². The van der Waals surface area contributed by atoms with Gasteiger partial charge in [-0.15, -0.1) is 11.3 Å². The van der Waals surface area contributed by atoms with Gasteiger partial charge in [-0.05, 0) is 43.2 Å². The van der Waals surface area contributed by atoms with Gasteiger partial charge in [0.25, 0.3) is 5.91 Å². The first kappa shape index (κ1) is 15.0. The third kappa shape index (κ3) is 2.92. The maximum absolute atomic E-state index is 12.2. The molecule has 6 heteroatoms. The predicted molar refractivity (Wildman–Crippen MR) is 93.9 cm³/mol. The van der Waals surface area contributed by atoms with Crippen LogP contribution >= 0.6 is 11.3 Å². The highest BCUT2D eigenvalue weighted by molar-refractivity contribution is 7.17. The molecule has 0 radical (unpaired) electrons. The van der Waals surface area contributed by atoms with Crippen molar-refractivity contribution in [3.05, 3.63) is 53.7 Å². The van der Waals surface area contributed by atoms with Crippen LogP contribution in [0.15, 0.2) is 48.8 Å². The molecule has 0 aliphatic heterocycles. The van der Waals surface area contributed by atoms with Gasteiger partial charge in [-0.1, -0.05) is 0 Å². The molecule has 0 atom stereocenters. The minimum absolute atomic E-state index is 0.0166. The molecule has 1 N–H and O–H groups in total. The summed E-state index contributed by atoms with van der Waals surface area (Å²) in [5.41, 5.74) is 1.95. The molecule has 0 spiro atoms. The van der Waals surface area contributed by atoms with Gasteiger partial charge in [-0.2, -0.15) is 5.10 Å². The molecule has 1 aliphatic rings. The Kier molecular flexibility index (Phi) is 3.82. The highest BCUT2D eigenvalue weighted by atomic mass is 32.1. The Labute approximate surface area is 143 Å². The van der Waals surface area contributed by atoms with Crippen LogP contribution in [0.2, 0.25) is 0 Å². The standard InChI is InChI=1S/C18H17N3O2S/c1-23-13-5-6-14(15(11-13)21-10-2-9-19-21)16-7-8-17(24-16)18(22)20-12-3-4-12/h2,5-12H,3-4H2,1H3,(H,20,22). The highest BCUT2D eigenvalue weighted by Gasteiger charge is 2.24. The number of carbonyl (C=O) groups excluding carboxylic acids is 1. The zero-order valence-corrected chi connectivity index (χ0v) is 14.0. The monoisotopic (exact) mass is 339 g/mol. The summed E-state index contributed by atoms with van der Waals surface area (Å²) in [7, 11) is 1.65. The third-order valence-corrected chi connectivity index (χ3v) is 5.08. The number of rotatable bonds is 5. The van der Waals surface area contributed by atoms with Crippen LogP contribution in [0.4, 0.5) is 0 Å². The Morgan fingerprint density at radius 1 is 1.33 bits per heavy atom. The van der Waals surface area contributed by atoms with Gasteiger partial charge in [0.05, 0.1) is 17.7 Å². The highest BCUT2D eigenvalue weighted by Crippen LogP contribution is 2.35. The Hall–Kier alpha value is -2.60. The molecule has 2 heterocycles. The summed E-state index contributed by atoms with van der Waals surface area (Å²) in [6.07, 6.45) is 5.82. The van der Waals surface area contributed by atoms with Crippen LogP contribution < -0.4 is 10.1 Å². The molecule has 2 aromatic heterocycles. The summed E-state index contributed by atoms with van der Waals surface area (Å²) in [4.78, 5) is 14.0. The van der Waals surface area contributed by atoms with Crippen molar-refractivity contribution in [3.8, 4) is 21.9 Å². The van der Waals surface area contributed by atoms with Gasteiger partial charge < -0.3 is 10.1 Å². The van der Waals surface area contributed by atoms with Crippen LogP contribution in [-0.2, 0) is 0 Å². The van der Waals surface area contributed by atoms with E-state index >= 15 is 0 Å². The molecule has 122 valence electrons. The number of thiophene rings is 1. The molecule has 1 aromatic carbocycles. The SMILES string of the molecule is COc1ccc(-c2ccc(C(=O)NC3CC3)s2)c(-n2cccn2)c1. The molecule has 1 amide bonds. The summed E-state index contributed by atoms with van der Waals surface area (Å²) < 4.78 is 7.14. The van der Waals surface area contributed by atoms with Crippen LogP contribution in [0.25, 0.3) is 16.1 Å². The quantitative estimate of drug-likeness (QED) is 0.774. The number of carbonyl (C=O) groups is 1. The average molecular weight is 339 g/mol. The van der Waals surface area contributed by atoms with Crippen molar-refractivity contribution in [2.45, 2.75) is 18.9 Å². The number of benzene rings is 1. The fourth-order valence-corrected chi connectivity index (χ4v) is 3.48. The second kappa shape index (κ2) is 6.13. The number of nitrogens with zero attached hydrogens (tertiary/aromatic N) is 2. The fourth-order valence-electron chi connectivity index (χ4n) is 2.54. The van der Waals surface area contributed by atoms with Crippen molar-refractivity contribution < 1.29 is 9.53 Å². The first-order valence-corrected chi connectivity index (χ1v) is 8.65. The van der Waals surface area contributed by atoms with E-state index in [4.69, 9.17) is 4.74 Å². The zero-order chi connectivity index (χ0) is 16.5. The Balaban J connectivity index is 1.71. The number of aromatic nitrogens is 2. The molecule has 0 bridgehead atoms. The summed E-state index contributed by atoms with van der Waals surface area (Å²) in [5.74, 6) is 0.787. The van der Waals surface area contributed by atoms with Crippen LogP contribution in [0.3, 0.4) is 0 Å². The minimum Gasteiger partial charge on any atom is -0.497 e. The Morgan fingerprint density at radius 3 is 2.92 bits per heavy atom. The van der Waals surface area contributed by atoms with Crippen molar-refractivity contribution in [2.24, 2.45) is 0 Å². The van der Waals surface area contributed by atoms with Crippen LogP contribution in [0.1, 0.15) is 22.5 Å². The van der Waals surface area contributed by atoms with E-state index in [1.165, 1.54) is 11.3 Å². The number of amides is 1. The molecule has 1 aliphatic carbocycles. The lowest BCUT2D eigenvalue weighted by Gasteiger charge is -2.10.